The second kappa shape index (κ2) is 4.55. The lowest BCUT2D eigenvalue weighted by Crippen LogP contribution is -2.23. The maximum Gasteiger partial charge on any atom is 0.228 e. The van der Waals surface area contributed by atoms with Gasteiger partial charge in [0.05, 0.1) is 0 Å². The Labute approximate surface area is 84.1 Å². The van der Waals surface area contributed by atoms with Gasteiger partial charge in [0.1, 0.15) is 0 Å². The summed E-state index contributed by atoms with van der Waals surface area (Å²) in [6.07, 6.45) is 5.37. The van der Waals surface area contributed by atoms with Crippen LogP contribution in [-0.4, -0.2) is 22.7 Å². The second-order valence-corrected chi connectivity index (χ2v) is 3.85. The maximum atomic E-state index is 5.18. The molecule has 4 nitrogen and oxygen atoms in total. The Hall–Kier alpha value is -0.900. The Kier molecular flexibility index (Phi) is 3.14. The molecule has 0 saturated carbocycles. The minimum absolute atomic E-state index is 0.546. The smallest absolute Gasteiger partial charge is 0.228 e. The summed E-state index contributed by atoms with van der Waals surface area (Å²) >= 11 is 0. The topological polar surface area (TPSA) is 51.0 Å². The summed E-state index contributed by atoms with van der Waals surface area (Å²) in [5.74, 6) is 1.63. The first kappa shape index (κ1) is 9.65. The summed E-state index contributed by atoms with van der Waals surface area (Å²) in [5.41, 5.74) is 0. The van der Waals surface area contributed by atoms with Crippen molar-refractivity contribution in [3.63, 3.8) is 0 Å². The predicted molar refractivity (Wildman–Crippen MR) is 53.0 cm³/mol. The normalized spacial score (nSPS) is 21.6. The average molecular weight is 195 g/mol. The number of nitrogens with zero attached hydrogens (tertiary/aromatic N) is 2. The van der Waals surface area contributed by atoms with Gasteiger partial charge in [-0.1, -0.05) is 12.1 Å². The molecular formula is C10H17N3O. The second-order valence-electron chi connectivity index (χ2n) is 3.85. The van der Waals surface area contributed by atoms with E-state index in [0.717, 1.165) is 37.5 Å². The lowest BCUT2D eigenvalue weighted by atomic mass is 10.1. The highest BCUT2D eigenvalue weighted by Crippen LogP contribution is 2.11. The van der Waals surface area contributed by atoms with Crippen molar-refractivity contribution in [3.05, 3.63) is 11.7 Å². The monoisotopic (exact) mass is 195 g/mol. The number of aromatic nitrogens is 2. The molecule has 14 heavy (non-hydrogen) atoms. The van der Waals surface area contributed by atoms with Crippen molar-refractivity contribution in [2.75, 3.05) is 6.54 Å². The van der Waals surface area contributed by atoms with Crippen LogP contribution in [0, 0.1) is 0 Å². The van der Waals surface area contributed by atoms with Crippen molar-refractivity contribution >= 4 is 0 Å². The minimum Gasteiger partial charge on any atom is -0.339 e. The fourth-order valence-corrected chi connectivity index (χ4v) is 1.84. The van der Waals surface area contributed by atoms with Crippen LogP contribution in [0.15, 0.2) is 4.52 Å². The molecule has 1 aromatic heterocycles. The van der Waals surface area contributed by atoms with Gasteiger partial charge in [-0.2, -0.15) is 4.98 Å². The van der Waals surface area contributed by atoms with Crippen molar-refractivity contribution < 1.29 is 4.52 Å². The third kappa shape index (κ3) is 2.32. The maximum absolute atomic E-state index is 5.18. The van der Waals surface area contributed by atoms with Crippen molar-refractivity contribution in [3.8, 4) is 0 Å². The van der Waals surface area contributed by atoms with Gasteiger partial charge in [-0.15, -0.1) is 0 Å². The van der Waals surface area contributed by atoms with E-state index in [0.29, 0.717) is 6.04 Å². The van der Waals surface area contributed by atoms with Crippen LogP contribution in [0.2, 0.25) is 0 Å². The lowest BCUT2D eigenvalue weighted by Gasteiger charge is -2.04. The summed E-state index contributed by atoms with van der Waals surface area (Å²) < 4.78 is 5.18. The van der Waals surface area contributed by atoms with E-state index in [1.807, 2.05) is 0 Å². The van der Waals surface area contributed by atoms with Crippen molar-refractivity contribution in [2.45, 2.75) is 45.1 Å². The van der Waals surface area contributed by atoms with E-state index in [1.54, 1.807) is 0 Å². The fraction of sp³-hybridized carbons (Fsp3) is 0.800. The van der Waals surface area contributed by atoms with Gasteiger partial charge in [-0.3, -0.25) is 0 Å². The summed E-state index contributed by atoms with van der Waals surface area (Å²) in [4.78, 5) is 4.35. The Balaban J connectivity index is 1.88. The van der Waals surface area contributed by atoms with Crippen LogP contribution in [0.3, 0.4) is 0 Å². The van der Waals surface area contributed by atoms with Gasteiger partial charge in [0.25, 0.3) is 0 Å². The van der Waals surface area contributed by atoms with E-state index in [4.69, 9.17) is 4.52 Å². The van der Waals surface area contributed by atoms with Crippen LogP contribution in [0.1, 0.15) is 37.9 Å². The summed E-state index contributed by atoms with van der Waals surface area (Å²) in [6.45, 7) is 3.25. The van der Waals surface area contributed by atoms with Gasteiger partial charge < -0.3 is 9.84 Å². The van der Waals surface area contributed by atoms with Crippen LogP contribution in [-0.2, 0) is 12.8 Å². The molecule has 0 amide bonds. The highest BCUT2D eigenvalue weighted by atomic mass is 16.5. The molecule has 0 aliphatic carbocycles. The molecule has 2 rings (SSSR count). The molecule has 1 unspecified atom stereocenters. The molecule has 2 heterocycles. The highest BCUT2D eigenvalue weighted by molar-refractivity contribution is 4.91. The van der Waals surface area contributed by atoms with Crippen LogP contribution in [0.5, 0.6) is 0 Å². The summed E-state index contributed by atoms with van der Waals surface area (Å²) in [5, 5.41) is 7.35. The molecule has 0 aromatic carbocycles. The third-order valence-electron chi connectivity index (χ3n) is 2.57. The summed E-state index contributed by atoms with van der Waals surface area (Å²) in [6, 6.07) is 0.546. The van der Waals surface area contributed by atoms with Crippen molar-refractivity contribution in [1.82, 2.24) is 15.5 Å². The molecule has 0 bridgehead atoms. The van der Waals surface area contributed by atoms with Gasteiger partial charge in [0, 0.05) is 18.9 Å². The van der Waals surface area contributed by atoms with E-state index < -0.39 is 0 Å². The zero-order chi connectivity index (χ0) is 9.80. The van der Waals surface area contributed by atoms with Gasteiger partial charge in [0.2, 0.25) is 5.89 Å². The fourth-order valence-electron chi connectivity index (χ4n) is 1.84. The number of hydrogen-bond donors (Lipinski definition) is 1. The molecule has 1 aliphatic heterocycles. The van der Waals surface area contributed by atoms with Crippen molar-refractivity contribution in [1.29, 1.82) is 0 Å². The van der Waals surface area contributed by atoms with Gasteiger partial charge in [-0.25, -0.2) is 0 Å². The Morgan fingerprint density at radius 2 is 2.50 bits per heavy atom. The zero-order valence-electron chi connectivity index (χ0n) is 8.62. The van der Waals surface area contributed by atoms with E-state index in [9.17, 15) is 0 Å². The molecule has 0 spiro atoms. The molecule has 78 valence electrons. The first-order valence-corrected chi connectivity index (χ1v) is 5.43. The molecule has 1 aliphatic rings. The standard InChI is InChI=1S/C10H17N3O/c1-2-4-9-12-10(14-13-9)7-8-5-3-6-11-8/h8,11H,2-7H2,1H3. The number of hydrogen-bond acceptors (Lipinski definition) is 4. The molecule has 1 atom stereocenters. The van der Waals surface area contributed by atoms with E-state index >= 15 is 0 Å². The zero-order valence-corrected chi connectivity index (χ0v) is 8.62. The van der Waals surface area contributed by atoms with Gasteiger partial charge in [0.15, 0.2) is 5.82 Å². The SMILES string of the molecule is CCCc1noc(CC2CCCN2)n1. The number of rotatable bonds is 4. The molecule has 1 N–H and O–H groups in total. The predicted octanol–water partition coefficient (Wildman–Crippen LogP) is 1.32. The Morgan fingerprint density at radius 1 is 1.57 bits per heavy atom. The van der Waals surface area contributed by atoms with Crippen LogP contribution < -0.4 is 5.32 Å². The highest BCUT2D eigenvalue weighted by Gasteiger charge is 2.17. The van der Waals surface area contributed by atoms with Crippen LogP contribution >= 0.6 is 0 Å². The van der Waals surface area contributed by atoms with E-state index in [1.165, 1.54) is 12.8 Å². The third-order valence-corrected chi connectivity index (χ3v) is 2.57. The molecule has 1 saturated heterocycles. The lowest BCUT2D eigenvalue weighted by molar-refractivity contribution is 0.359. The van der Waals surface area contributed by atoms with Gasteiger partial charge in [-0.05, 0) is 25.8 Å². The van der Waals surface area contributed by atoms with Crippen LogP contribution in [0.25, 0.3) is 0 Å². The largest absolute Gasteiger partial charge is 0.339 e. The average Bonchev–Trinajstić information content (AvgIpc) is 2.79. The first-order valence-electron chi connectivity index (χ1n) is 5.43. The molecule has 1 fully saturated rings. The van der Waals surface area contributed by atoms with Crippen LogP contribution in [0.4, 0.5) is 0 Å². The quantitative estimate of drug-likeness (QED) is 0.787. The first-order chi connectivity index (χ1) is 6.88. The minimum atomic E-state index is 0.546. The van der Waals surface area contributed by atoms with Gasteiger partial charge >= 0.3 is 0 Å². The molecule has 4 heteroatoms. The number of nitrogens with one attached hydrogen (secondary N) is 1. The molecular weight excluding hydrogens is 178 g/mol. The summed E-state index contributed by atoms with van der Waals surface area (Å²) in [7, 11) is 0. The van der Waals surface area contributed by atoms with E-state index in [2.05, 4.69) is 22.4 Å². The number of aryl methyl sites for hydroxylation is 1. The molecule has 1 aromatic rings. The Bertz CT molecular complexity index is 279. The van der Waals surface area contributed by atoms with Crippen molar-refractivity contribution in [2.24, 2.45) is 0 Å². The molecule has 0 radical (unpaired) electrons. The van der Waals surface area contributed by atoms with E-state index in [-0.39, 0.29) is 0 Å². The Morgan fingerprint density at radius 3 is 3.21 bits per heavy atom.